The summed E-state index contributed by atoms with van der Waals surface area (Å²) < 4.78 is 0. The molecule has 5 heavy (non-hydrogen) atoms. The lowest BCUT2D eigenvalue weighted by Gasteiger charge is -1.32. The zero-order valence-corrected chi connectivity index (χ0v) is 2.46. The number of rotatable bonds is 0. The van der Waals surface area contributed by atoms with Crippen LogP contribution in [0.25, 0.3) is 0 Å². The molecule has 0 spiro atoms. The Balaban J connectivity index is -0.0000000200. The zero-order chi connectivity index (χ0) is 2.71. The van der Waals surface area contributed by atoms with Crippen molar-refractivity contribution in [2.24, 2.45) is 5.34 Å². The highest BCUT2D eigenvalue weighted by Gasteiger charge is 1.18. The van der Waals surface area contributed by atoms with Gasteiger partial charge in [-0.1, -0.05) is 0 Å². The first-order valence-corrected chi connectivity index (χ1v) is 0.383. The molecule has 31 valence electrons. The highest BCUT2D eigenvalue weighted by Crippen LogP contribution is 1.25. The molecule has 0 saturated heterocycles. The lowest BCUT2D eigenvalue weighted by atomic mass is 13.4. The standard InChI is InChI=1S/HNO2.H3N.N/c2-1-3;;/h(H,2,3);1H3;. The fourth-order valence-electron chi connectivity index (χ4n) is 0. The highest BCUT2D eigenvalue weighted by molar-refractivity contribution is 3.83. The van der Waals surface area contributed by atoms with Crippen molar-refractivity contribution in [3.63, 3.8) is 0 Å². The third kappa shape index (κ3) is 12.5. The first-order valence-electron chi connectivity index (χ1n) is 0.383. The van der Waals surface area contributed by atoms with Crippen LogP contribution in [0.5, 0.6) is 0 Å². The van der Waals surface area contributed by atoms with Crippen molar-refractivity contribution >= 4 is 0 Å². The van der Waals surface area contributed by atoms with Crippen molar-refractivity contribution in [2.45, 2.75) is 0 Å². The second-order valence-corrected chi connectivity index (χ2v) is 0.0816. The smallest absolute Gasteiger partial charge is 0.152 e. The molecular formula is H4N3O2. The molecular weight excluding hydrogens is 74.0 g/mol. The van der Waals surface area contributed by atoms with Gasteiger partial charge in [0.2, 0.25) is 0 Å². The summed E-state index contributed by atoms with van der Waals surface area (Å²) in [7, 11) is 0. The van der Waals surface area contributed by atoms with Crippen LogP contribution in [0.4, 0.5) is 0 Å². The second-order valence-electron chi connectivity index (χ2n) is 0.0816. The van der Waals surface area contributed by atoms with Gasteiger partial charge in [-0.05, 0) is 0 Å². The van der Waals surface area contributed by atoms with Crippen LogP contribution in [-0.2, 0) is 0 Å². The van der Waals surface area contributed by atoms with Crippen molar-refractivity contribution in [2.75, 3.05) is 0 Å². The Labute approximate surface area is 29.1 Å². The molecule has 0 amide bonds. The lowest BCUT2D eigenvalue weighted by molar-refractivity contribution is 0.312. The normalized spacial score (nSPS) is 2.40. The van der Waals surface area contributed by atoms with E-state index in [9.17, 15) is 0 Å². The van der Waals surface area contributed by atoms with Crippen LogP contribution in [-0.4, -0.2) is 5.21 Å². The lowest BCUT2D eigenvalue weighted by Crippen LogP contribution is -1.25. The van der Waals surface area contributed by atoms with Crippen LogP contribution in [0.2, 0.25) is 0 Å². The van der Waals surface area contributed by atoms with Gasteiger partial charge in [0.1, 0.15) is 0 Å². The fraction of sp³-hybridized carbons (Fsp3) is 0. The van der Waals surface area contributed by atoms with Gasteiger partial charge in [-0.15, -0.1) is 4.91 Å². The van der Waals surface area contributed by atoms with Gasteiger partial charge < -0.3 is 11.4 Å². The van der Waals surface area contributed by atoms with E-state index in [4.69, 9.17) is 10.1 Å². The molecule has 0 aromatic rings. The molecule has 0 fully saturated rings. The minimum atomic E-state index is 0. The third-order valence-corrected chi connectivity index (χ3v) is 0. The Morgan fingerprint density at radius 1 is 1.60 bits per heavy atom. The minimum Gasteiger partial charge on any atom is -0.379 e. The van der Waals surface area contributed by atoms with E-state index in [2.05, 4.69) is 0 Å². The van der Waals surface area contributed by atoms with Gasteiger partial charge in [0.15, 0.2) is 5.34 Å². The molecule has 0 aromatic carbocycles. The van der Waals surface area contributed by atoms with Crippen molar-refractivity contribution in [3.05, 3.63) is 4.91 Å². The molecule has 5 heteroatoms. The predicted molar refractivity (Wildman–Crippen MR) is 14.7 cm³/mol. The summed E-state index contributed by atoms with van der Waals surface area (Å²) in [5.74, 6) is 0. The molecule has 0 aliphatic rings. The van der Waals surface area contributed by atoms with Crippen LogP contribution in [0.15, 0.2) is 5.34 Å². The van der Waals surface area contributed by atoms with E-state index in [1.807, 2.05) is 0 Å². The number of hydrogen-bond acceptors (Lipinski definition) is 3. The maximum Gasteiger partial charge on any atom is 0.152 e. The SMILES string of the molecule is N.O=NO.[N]. The summed E-state index contributed by atoms with van der Waals surface area (Å²) in [4.78, 5) is 8.11. The molecule has 0 aliphatic heterocycles. The molecule has 0 saturated carbocycles. The average molecular weight is 78.1 g/mol. The van der Waals surface area contributed by atoms with Crippen LogP contribution in [0.1, 0.15) is 0 Å². The Bertz CT molecular complexity index is 12.4. The summed E-state index contributed by atoms with van der Waals surface area (Å²) in [5, 5.41) is 7.89. The van der Waals surface area contributed by atoms with Crippen molar-refractivity contribution in [3.8, 4) is 0 Å². The summed E-state index contributed by atoms with van der Waals surface area (Å²) in [5.41, 5.74) is 0. The first-order chi connectivity index (χ1) is 1.41. The van der Waals surface area contributed by atoms with Crippen LogP contribution < -0.4 is 12.3 Å². The Morgan fingerprint density at radius 2 is 1.60 bits per heavy atom. The molecule has 0 atom stereocenters. The molecule has 0 heterocycles. The van der Waals surface area contributed by atoms with Crippen molar-refractivity contribution < 1.29 is 5.21 Å². The van der Waals surface area contributed by atoms with Crippen LogP contribution in [0.3, 0.4) is 0 Å². The summed E-state index contributed by atoms with van der Waals surface area (Å²) in [6.07, 6.45) is 0. The third-order valence-electron chi connectivity index (χ3n) is 0. The molecule has 0 bridgehead atoms. The molecule has 5 nitrogen and oxygen atoms in total. The summed E-state index contributed by atoms with van der Waals surface area (Å²) in [6.45, 7) is 0. The molecule has 0 unspecified atom stereocenters. The first kappa shape index (κ1) is 27.3. The van der Waals surface area contributed by atoms with E-state index in [-0.39, 0.29) is 12.3 Å². The summed E-state index contributed by atoms with van der Waals surface area (Å²) >= 11 is 0. The van der Waals surface area contributed by atoms with Gasteiger partial charge in [-0.2, -0.15) is 0 Å². The molecule has 0 rings (SSSR count). The molecule has 3 radical (unpaired) electrons. The van der Waals surface area contributed by atoms with E-state index in [0.29, 0.717) is 0 Å². The van der Waals surface area contributed by atoms with Crippen molar-refractivity contribution in [1.82, 2.24) is 12.3 Å². The van der Waals surface area contributed by atoms with Gasteiger partial charge in [-0.25, -0.2) is 0 Å². The van der Waals surface area contributed by atoms with E-state index in [0.717, 1.165) is 0 Å². The van der Waals surface area contributed by atoms with Gasteiger partial charge in [0.25, 0.3) is 0 Å². The predicted octanol–water partition coefficient (Wildman–Crippen LogP) is -0.177. The van der Waals surface area contributed by atoms with E-state index in [1.54, 1.807) is 0 Å². The maximum absolute atomic E-state index is 8.11. The van der Waals surface area contributed by atoms with Gasteiger partial charge >= 0.3 is 0 Å². The average Bonchev–Trinajstić information content (AvgIpc) is 0.918. The number of nitrogens with zero attached hydrogens (tertiary/aromatic N) is 2. The Hall–Kier alpha value is -0.680. The van der Waals surface area contributed by atoms with Crippen LogP contribution >= 0.6 is 0 Å². The Kier molecular flexibility index (Phi) is 954. The fourth-order valence-corrected chi connectivity index (χ4v) is 0. The Morgan fingerprint density at radius 3 is 1.60 bits per heavy atom. The maximum atomic E-state index is 8.11. The zero-order valence-electron chi connectivity index (χ0n) is 2.46. The summed E-state index contributed by atoms with van der Waals surface area (Å²) in [6, 6.07) is 0. The van der Waals surface area contributed by atoms with E-state index in [1.165, 1.54) is 5.34 Å². The van der Waals surface area contributed by atoms with Gasteiger partial charge in [-0.3, -0.25) is 0 Å². The molecule has 0 aliphatic carbocycles. The highest BCUT2D eigenvalue weighted by atomic mass is 16.6. The van der Waals surface area contributed by atoms with E-state index >= 15 is 0 Å². The largest absolute Gasteiger partial charge is 0.379 e. The van der Waals surface area contributed by atoms with Crippen molar-refractivity contribution in [1.29, 1.82) is 0 Å². The van der Waals surface area contributed by atoms with Gasteiger partial charge in [0.05, 0.1) is 0 Å². The van der Waals surface area contributed by atoms with Crippen LogP contribution in [0, 0.1) is 4.91 Å². The monoisotopic (exact) mass is 78.0 g/mol. The number of hydrogen-bond donors (Lipinski definition) is 2. The molecule has 0 aromatic heterocycles. The molecule has 4 N–H and O–H groups in total. The topological polar surface area (TPSA) is 115 Å². The quantitative estimate of drug-likeness (QED) is 0.309. The second kappa shape index (κ2) is 175. The van der Waals surface area contributed by atoms with Gasteiger partial charge in [0, 0.05) is 6.15 Å². The van der Waals surface area contributed by atoms with E-state index < -0.39 is 0 Å². The minimum absolute atomic E-state index is 0.